The number of phenols is 1. The first-order valence-corrected chi connectivity index (χ1v) is 27.6. The summed E-state index contributed by atoms with van der Waals surface area (Å²) in [5, 5.41) is 57.7. The van der Waals surface area contributed by atoms with Crippen LogP contribution in [0.25, 0.3) is 10.9 Å². The second-order valence-electron chi connectivity index (χ2n) is 19.5. The Morgan fingerprint density at radius 2 is 1.35 bits per heavy atom. The van der Waals surface area contributed by atoms with Gasteiger partial charge in [0.1, 0.15) is 48.0 Å². The van der Waals surface area contributed by atoms with Crippen LogP contribution in [0, 0.1) is 0 Å². The molecule has 1 aliphatic rings. The number of aromatic amines is 1. The standard InChI is InChI=1S/C50H67N11O11S2.C2HF3O2/c1-26(62)39(42(53)65)59-49(72)41-50(3,4)74-73-25-38(58-43(66)33(52)21-28-11-6-5-7-12-28)47(70)56-36(22-29-16-18-31(64)19-17-29)45(68)57-37(23-30-24-54-34-14-9-8-13-32(30)34)46(69)55-35(15-10-20-51)44(67)60-40(27(2)63)48(71)61-41;3-2(4,5)1(6)7/h5-9,11-14,16-19,24,26-27,33,35-41,54,62-64H,10,15,20-23,25,51-52H2,1-4H3,(H2,53,65)(H,55,69)(H,56,70)(H,57,68)(H,58,66)(H,59,72)(H,60,67)(H,61,71);(H,6,7)/t26-,27+,33-,35?,36-,37-,38?,39-,40-,41-;/m0./s1. The summed E-state index contributed by atoms with van der Waals surface area (Å²) in [7, 11) is 1.94. The van der Waals surface area contributed by atoms with Gasteiger partial charge in [-0.1, -0.05) is 82.3 Å². The SMILES string of the molecule is C[C@H](O)[C@H](NC(=O)[C@@H]1NC(=O)[C@H]([C@@H](C)O)NC(=O)C(CCCN)NC(=O)[C@H](Cc2c[nH]c3ccccc23)NC(=O)[C@H](Cc2ccc(O)cc2)NC(=O)C(NC(=O)[C@@H](N)Cc2ccccc2)CSSC1(C)C)C(N)=O.O=C(O)C(F)(F)F. The van der Waals surface area contributed by atoms with Crippen molar-refractivity contribution in [2.75, 3.05) is 12.3 Å². The number of primary amides is 1. The molecule has 0 bridgehead atoms. The van der Waals surface area contributed by atoms with Crippen LogP contribution >= 0.6 is 21.6 Å². The minimum atomic E-state index is -5.08. The van der Waals surface area contributed by atoms with E-state index in [-0.39, 0.29) is 50.2 Å². The highest BCUT2D eigenvalue weighted by atomic mass is 33.1. The number of carboxylic acids is 1. The number of carboxylic acid groups (broad SMARTS) is 1. The number of aliphatic hydroxyl groups excluding tert-OH is 2. The maximum Gasteiger partial charge on any atom is 0.490 e. The largest absolute Gasteiger partial charge is 0.508 e. The lowest BCUT2D eigenvalue weighted by molar-refractivity contribution is -0.192. The van der Waals surface area contributed by atoms with Gasteiger partial charge in [0.25, 0.3) is 0 Å². The van der Waals surface area contributed by atoms with Crippen molar-refractivity contribution in [1.82, 2.24) is 42.2 Å². The van der Waals surface area contributed by atoms with Crippen LogP contribution in [0.15, 0.2) is 85.1 Å². The van der Waals surface area contributed by atoms with Gasteiger partial charge in [-0.05, 0) is 88.4 Å². The number of fused-ring (bicyclic) bond motifs is 1. The van der Waals surface area contributed by atoms with Crippen LogP contribution in [-0.4, -0.2) is 162 Å². The Hall–Kier alpha value is -7.44. The molecule has 8 amide bonds. The number of para-hydroxylation sites is 1. The molecule has 1 aromatic heterocycles. The van der Waals surface area contributed by atoms with Gasteiger partial charge in [0, 0.05) is 40.4 Å². The zero-order valence-corrected chi connectivity index (χ0v) is 46.1. The molecule has 1 aliphatic heterocycles. The molecule has 1 saturated heterocycles. The number of alkyl halides is 3. The second-order valence-corrected chi connectivity index (χ2v) is 22.5. The number of carbonyl (C=O) groups excluding carboxylic acids is 8. The highest BCUT2D eigenvalue weighted by molar-refractivity contribution is 8.77. The number of nitrogens with one attached hydrogen (secondary N) is 8. The number of halogens is 3. The molecule has 1 fully saturated rings. The lowest BCUT2D eigenvalue weighted by Gasteiger charge is -2.36. The highest BCUT2D eigenvalue weighted by Crippen LogP contribution is 2.39. The van der Waals surface area contributed by atoms with E-state index in [1.54, 1.807) is 42.6 Å². The van der Waals surface area contributed by atoms with E-state index in [4.69, 9.17) is 27.1 Å². The Morgan fingerprint density at radius 3 is 1.93 bits per heavy atom. The van der Waals surface area contributed by atoms with E-state index < -0.39 is 125 Å². The fraction of sp³-hybridized carbons (Fsp3) is 0.442. The Balaban J connectivity index is 0.00000189. The zero-order chi connectivity index (χ0) is 60.4. The average molecular weight is 1180 g/mol. The number of amides is 8. The molecule has 2 heterocycles. The number of aliphatic hydroxyl groups is 2. The van der Waals surface area contributed by atoms with Crippen LogP contribution in [0.3, 0.4) is 0 Å². The van der Waals surface area contributed by atoms with E-state index in [2.05, 4.69) is 42.2 Å². The quantitative estimate of drug-likeness (QED) is 0.0624. The van der Waals surface area contributed by atoms with Crippen LogP contribution in [0.1, 0.15) is 57.2 Å². The van der Waals surface area contributed by atoms with Gasteiger partial charge in [0.15, 0.2) is 0 Å². The number of benzene rings is 3. The van der Waals surface area contributed by atoms with Crippen molar-refractivity contribution in [2.45, 2.75) is 131 Å². The lowest BCUT2D eigenvalue weighted by atomic mass is 9.99. The molecular weight excluding hydrogens is 1110 g/mol. The third-order valence-electron chi connectivity index (χ3n) is 12.5. The molecule has 18 N–H and O–H groups in total. The van der Waals surface area contributed by atoms with E-state index in [0.717, 1.165) is 38.1 Å². The molecule has 0 aliphatic carbocycles. The molecule has 0 spiro atoms. The van der Waals surface area contributed by atoms with Crippen molar-refractivity contribution in [3.05, 3.63) is 102 Å². The number of phenolic OH excluding ortho intramolecular Hbond substituents is 1. The van der Waals surface area contributed by atoms with Crippen LogP contribution in [-0.2, 0) is 62.4 Å². The molecule has 2 unspecified atom stereocenters. The van der Waals surface area contributed by atoms with E-state index >= 15 is 0 Å². The van der Waals surface area contributed by atoms with Crippen molar-refractivity contribution >= 4 is 85.7 Å². The maximum atomic E-state index is 14.8. The fourth-order valence-electron chi connectivity index (χ4n) is 8.05. The number of aromatic hydroxyl groups is 1. The van der Waals surface area contributed by atoms with Gasteiger partial charge >= 0.3 is 12.1 Å². The van der Waals surface area contributed by atoms with Crippen molar-refractivity contribution in [2.24, 2.45) is 17.2 Å². The summed E-state index contributed by atoms with van der Waals surface area (Å²) in [4.78, 5) is 125. The number of aliphatic carboxylic acids is 1. The van der Waals surface area contributed by atoms with Crippen LogP contribution in [0.2, 0.25) is 0 Å². The average Bonchev–Trinajstić information content (AvgIpc) is 3.91. The first kappa shape index (κ1) is 66.1. The maximum absolute atomic E-state index is 14.8. The van der Waals surface area contributed by atoms with Crippen molar-refractivity contribution in [3.63, 3.8) is 0 Å². The number of rotatable bonds is 16. The van der Waals surface area contributed by atoms with Crippen molar-refractivity contribution in [1.29, 1.82) is 0 Å². The van der Waals surface area contributed by atoms with Crippen LogP contribution in [0.4, 0.5) is 13.2 Å². The molecule has 24 nitrogen and oxygen atoms in total. The fourth-order valence-corrected chi connectivity index (χ4v) is 10.9. The van der Waals surface area contributed by atoms with Gasteiger partial charge in [-0.15, -0.1) is 0 Å². The summed E-state index contributed by atoms with van der Waals surface area (Å²) >= 11 is 0. The Kier molecular flexibility index (Phi) is 24.8. The second kappa shape index (κ2) is 30.4. The van der Waals surface area contributed by atoms with Crippen LogP contribution < -0.4 is 54.4 Å². The molecule has 0 saturated carbocycles. The van der Waals surface area contributed by atoms with Gasteiger partial charge in [0.2, 0.25) is 47.3 Å². The van der Waals surface area contributed by atoms with Crippen LogP contribution in [0.5, 0.6) is 5.75 Å². The molecule has 5 rings (SSSR count). The Bertz CT molecular complexity index is 2830. The van der Waals surface area contributed by atoms with Gasteiger partial charge in [-0.3, -0.25) is 38.4 Å². The minimum absolute atomic E-state index is 0.0658. The predicted octanol–water partition coefficient (Wildman–Crippen LogP) is -0.585. The normalized spacial score (nSPS) is 22.0. The van der Waals surface area contributed by atoms with Gasteiger partial charge in [-0.2, -0.15) is 13.2 Å². The predicted molar refractivity (Wildman–Crippen MR) is 294 cm³/mol. The first-order chi connectivity index (χ1) is 38.0. The molecule has 442 valence electrons. The minimum Gasteiger partial charge on any atom is -0.508 e. The molecule has 0 radical (unpaired) electrons. The van der Waals surface area contributed by atoms with Crippen molar-refractivity contribution < 1.29 is 76.7 Å². The van der Waals surface area contributed by atoms with E-state index in [1.165, 1.54) is 52.0 Å². The molecule has 3 aromatic carbocycles. The third-order valence-corrected chi connectivity index (χ3v) is 15.8. The Morgan fingerprint density at radius 1 is 0.778 bits per heavy atom. The molecule has 29 heteroatoms. The summed E-state index contributed by atoms with van der Waals surface area (Å²) in [6.07, 6.45) is -6.61. The lowest BCUT2D eigenvalue weighted by Crippen LogP contribution is -2.65. The number of carbonyl (C=O) groups is 9. The molecule has 4 aromatic rings. The van der Waals surface area contributed by atoms with Gasteiger partial charge in [-0.25, -0.2) is 4.79 Å². The number of hydrogen-bond acceptors (Lipinski definition) is 16. The van der Waals surface area contributed by atoms with Crippen molar-refractivity contribution in [3.8, 4) is 5.75 Å². The summed E-state index contributed by atoms with van der Waals surface area (Å²) in [5.41, 5.74) is 20.3. The van der Waals surface area contributed by atoms with E-state index in [0.29, 0.717) is 11.1 Å². The number of nitrogens with two attached hydrogens (primary N) is 3. The summed E-state index contributed by atoms with van der Waals surface area (Å²) < 4.78 is 30.3. The zero-order valence-electron chi connectivity index (χ0n) is 44.5. The summed E-state index contributed by atoms with van der Waals surface area (Å²) in [6.45, 7) is 5.57. The molecule has 81 heavy (non-hydrogen) atoms. The topological polar surface area (TPSA) is 413 Å². The van der Waals surface area contributed by atoms with E-state index in [1.807, 2.05) is 18.2 Å². The summed E-state index contributed by atoms with van der Waals surface area (Å²) in [6, 6.07) is 10.1. The molecule has 10 atom stereocenters. The van der Waals surface area contributed by atoms with Gasteiger partial charge in [0.05, 0.1) is 18.2 Å². The first-order valence-electron chi connectivity index (χ1n) is 25.2. The smallest absolute Gasteiger partial charge is 0.490 e. The summed E-state index contributed by atoms with van der Waals surface area (Å²) in [5.74, 6) is -10.5. The third kappa shape index (κ3) is 20.3. The highest BCUT2D eigenvalue weighted by Gasteiger charge is 2.43. The number of H-pyrrole nitrogens is 1. The monoisotopic (exact) mass is 1180 g/mol. The van der Waals surface area contributed by atoms with Gasteiger partial charge < -0.3 is 79.8 Å². The number of aromatic nitrogens is 1. The van der Waals surface area contributed by atoms with E-state index in [9.17, 15) is 66.8 Å². The molecular formula is C52H68F3N11O13S2. The number of hydrogen-bond donors (Lipinski definition) is 15. The Labute approximate surface area is 471 Å².